The summed E-state index contributed by atoms with van der Waals surface area (Å²) in [6.07, 6.45) is 0.191. The third-order valence-corrected chi connectivity index (χ3v) is 3.26. The number of aromatic nitrogens is 4. The first-order valence-corrected chi connectivity index (χ1v) is 5.82. The van der Waals surface area contributed by atoms with Gasteiger partial charge in [-0.2, -0.15) is 4.80 Å². The lowest BCUT2D eigenvalue weighted by atomic mass is 10.1. The number of rotatable bonds is 3. The highest BCUT2D eigenvalue weighted by atomic mass is 79.9. The minimum atomic E-state index is 0.00458. The van der Waals surface area contributed by atoms with Crippen LogP contribution in [0.2, 0.25) is 0 Å². The Morgan fingerprint density at radius 1 is 1.67 bits per heavy atom. The summed E-state index contributed by atoms with van der Waals surface area (Å²) in [6, 6.07) is 1.80. The number of Topliss-reactive ketones (excluding diaryl/α,β-unsaturated/α-hetero) is 1. The summed E-state index contributed by atoms with van der Waals surface area (Å²) in [4.78, 5) is 13.0. The van der Waals surface area contributed by atoms with Gasteiger partial charge in [0.15, 0.2) is 11.6 Å². The lowest BCUT2D eigenvalue weighted by Gasteiger charge is -1.91. The molecule has 2 aromatic heterocycles. The summed E-state index contributed by atoms with van der Waals surface area (Å²) >= 11 is 4.79. The van der Waals surface area contributed by atoms with Crippen molar-refractivity contribution in [2.75, 3.05) is 0 Å². The highest BCUT2D eigenvalue weighted by molar-refractivity contribution is 9.11. The predicted molar refractivity (Wildman–Crippen MR) is 58.9 cm³/mol. The smallest absolute Gasteiger partial charge is 0.182 e. The fourth-order valence-electron chi connectivity index (χ4n) is 1.10. The third-order valence-electron chi connectivity index (χ3n) is 1.76. The first kappa shape index (κ1) is 10.4. The lowest BCUT2D eigenvalue weighted by Crippen LogP contribution is -2.04. The molecule has 7 heteroatoms. The van der Waals surface area contributed by atoms with Crippen molar-refractivity contribution in [3.8, 4) is 0 Å². The fourth-order valence-corrected chi connectivity index (χ4v) is 2.26. The molecule has 0 aromatic carbocycles. The minimum Gasteiger partial charge on any atom is -0.294 e. The van der Waals surface area contributed by atoms with E-state index >= 15 is 0 Å². The molecule has 0 saturated heterocycles. The third kappa shape index (κ3) is 2.48. The van der Waals surface area contributed by atoms with Crippen molar-refractivity contribution in [2.24, 2.45) is 7.05 Å². The van der Waals surface area contributed by atoms with Gasteiger partial charge in [0.05, 0.1) is 17.3 Å². The van der Waals surface area contributed by atoms with Crippen molar-refractivity contribution < 1.29 is 4.79 Å². The first-order valence-electron chi connectivity index (χ1n) is 4.15. The summed E-state index contributed by atoms with van der Waals surface area (Å²) < 4.78 is 0.943. The van der Waals surface area contributed by atoms with Gasteiger partial charge in [0.2, 0.25) is 0 Å². The maximum atomic E-state index is 11.7. The molecule has 0 saturated carbocycles. The second kappa shape index (κ2) is 4.19. The Balaban J connectivity index is 2.10. The molecule has 78 valence electrons. The summed E-state index contributed by atoms with van der Waals surface area (Å²) in [6.45, 7) is 0. The summed E-state index contributed by atoms with van der Waals surface area (Å²) in [7, 11) is 1.67. The van der Waals surface area contributed by atoms with Crippen LogP contribution < -0.4 is 0 Å². The number of carbonyl (C=O) groups is 1. The molecular formula is C8H7BrN4OS. The van der Waals surface area contributed by atoms with Gasteiger partial charge in [-0.15, -0.1) is 21.5 Å². The van der Waals surface area contributed by atoms with Crippen LogP contribution in [-0.2, 0) is 13.5 Å². The van der Waals surface area contributed by atoms with Gasteiger partial charge >= 0.3 is 0 Å². The molecule has 2 heterocycles. The molecule has 15 heavy (non-hydrogen) atoms. The number of aryl methyl sites for hydroxylation is 1. The number of hydrogen-bond acceptors (Lipinski definition) is 5. The van der Waals surface area contributed by atoms with Gasteiger partial charge in [-0.25, -0.2) is 0 Å². The predicted octanol–water partition coefficient (Wildman–Crippen LogP) is 1.46. The number of nitrogens with zero attached hydrogens (tertiary/aromatic N) is 4. The molecule has 5 nitrogen and oxygen atoms in total. The Bertz CT molecular complexity index is 492. The van der Waals surface area contributed by atoms with E-state index in [4.69, 9.17) is 0 Å². The zero-order chi connectivity index (χ0) is 10.8. The average Bonchev–Trinajstić information content (AvgIpc) is 2.75. The van der Waals surface area contributed by atoms with E-state index in [1.165, 1.54) is 16.1 Å². The van der Waals surface area contributed by atoms with Gasteiger partial charge in [-0.1, -0.05) is 0 Å². The van der Waals surface area contributed by atoms with E-state index in [9.17, 15) is 4.79 Å². The van der Waals surface area contributed by atoms with Crippen LogP contribution in [0.25, 0.3) is 0 Å². The SMILES string of the molecule is Cn1nnc(CC(=O)c2csc(Br)c2)n1. The molecule has 0 bridgehead atoms. The van der Waals surface area contributed by atoms with Crippen LogP contribution in [0.1, 0.15) is 16.2 Å². The van der Waals surface area contributed by atoms with Crippen LogP contribution in [0.4, 0.5) is 0 Å². The Kier molecular flexibility index (Phi) is 2.92. The number of ketones is 1. The Labute approximate surface area is 98.2 Å². The Morgan fingerprint density at radius 3 is 3.00 bits per heavy atom. The molecule has 0 amide bonds. The van der Waals surface area contributed by atoms with Crippen molar-refractivity contribution in [3.63, 3.8) is 0 Å². The first-order chi connectivity index (χ1) is 7.15. The van der Waals surface area contributed by atoms with Gasteiger partial charge in [0, 0.05) is 10.9 Å². The topological polar surface area (TPSA) is 60.7 Å². The van der Waals surface area contributed by atoms with Gasteiger partial charge < -0.3 is 0 Å². The molecule has 0 radical (unpaired) electrons. The van der Waals surface area contributed by atoms with E-state index in [-0.39, 0.29) is 12.2 Å². The van der Waals surface area contributed by atoms with Gasteiger partial charge in [-0.3, -0.25) is 4.79 Å². The zero-order valence-corrected chi connectivity index (χ0v) is 10.2. The van der Waals surface area contributed by atoms with Crippen LogP contribution in [0.15, 0.2) is 15.2 Å². The molecule has 0 atom stereocenters. The van der Waals surface area contributed by atoms with E-state index in [2.05, 4.69) is 31.3 Å². The highest BCUT2D eigenvalue weighted by Crippen LogP contribution is 2.21. The molecule has 0 unspecified atom stereocenters. The highest BCUT2D eigenvalue weighted by Gasteiger charge is 2.12. The number of thiophene rings is 1. The maximum Gasteiger partial charge on any atom is 0.182 e. The van der Waals surface area contributed by atoms with E-state index in [0.717, 1.165) is 3.79 Å². The summed E-state index contributed by atoms with van der Waals surface area (Å²) in [5.74, 6) is 0.453. The van der Waals surface area contributed by atoms with Crippen molar-refractivity contribution in [1.82, 2.24) is 20.2 Å². The van der Waals surface area contributed by atoms with Gasteiger partial charge in [0.25, 0.3) is 0 Å². The largest absolute Gasteiger partial charge is 0.294 e. The number of carbonyl (C=O) groups excluding carboxylic acids is 1. The minimum absolute atomic E-state index is 0.00458. The van der Waals surface area contributed by atoms with Crippen molar-refractivity contribution in [2.45, 2.75) is 6.42 Å². The second-order valence-corrected chi connectivity index (χ2v) is 5.23. The van der Waals surface area contributed by atoms with Crippen LogP contribution in [0.3, 0.4) is 0 Å². The summed E-state index contributed by atoms with van der Waals surface area (Å²) in [5, 5.41) is 13.2. The van der Waals surface area contributed by atoms with Crippen molar-refractivity contribution >= 4 is 33.0 Å². The molecule has 0 aliphatic carbocycles. The van der Waals surface area contributed by atoms with Crippen LogP contribution in [-0.4, -0.2) is 26.0 Å². The van der Waals surface area contributed by atoms with Crippen LogP contribution in [0.5, 0.6) is 0 Å². The van der Waals surface area contributed by atoms with Crippen LogP contribution >= 0.6 is 27.3 Å². The Morgan fingerprint density at radius 2 is 2.47 bits per heavy atom. The average molecular weight is 287 g/mol. The van der Waals surface area contributed by atoms with E-state index in [0.29, 0.717) is 11.4 Å². The normalized spacial score (nSPS) is 10.5. The zero-order valence-electron chi connectivity index (χ0n) is 7.85. The molecule has 0 aliphatic rings. The molecule has 0 aliphatic heterocycles. The molecule has 2 aromatic rings. The monoisotopic (exact) mass is 286 g/mol. The van der Waals surface area contributed by atoms with Crippen molar-refractivity contribution in [1.29, 1.82) is 0 Å². The summed E-state index contributed by atoms with van der Waals surface area (Å²) in [5.41, 5.74) is 0.680. The maximum absolute atomic E-state index is 11.7. The van der Waals surface area contributed by atoms with Gasteiger partial charge in [-0.05, 0) is 27.2 Å². The molecule has 0 spiro atoms. The number of halogens is 1. The quantitative estimate of drug-likeness (QED) is 0.802. The van der Waals surface area contributed by atoms with Gasteiger partial charge in [0.1, 0.15) is 0 Å². The van der Waals surface area contributed by atoms with Crippen molar-refractivity contribution in [3.05, 3.63) is 26.6 Å². The fraction of sp³-hybridized carbons (Fsp3) is 0.250. The standard InChI is InChI=1S/C8H7BrN4OS/c1-13-11-8(10-12-13)3-6(14)5-2-7(9)15-4-5/h2,4H,3H2,1H3. The molecule has 0 fully saturated rings. The van der Waals surface area contributed by atoms with E-state index in [1.807, 2.05) is 5.38 Å². The van der Waals surface area contributed by atoms with E-state index in [1.54, 1.807) is 13.1 Å². The number of tetrazole rings is 1. The second-order valence-electron chi connectivity index (χ2n) is 2.93. The molecular weight excluding hydrogens is 280 g/mol. The molecule has 2 rings (SSSR count). The molecule has 0 N–H and O–H groups in total. The lowest BCUT2D eigenvalue weighted by molar-refractivity contribution is 0.0991. The van der Waals surface area contributed by atoms with E-state index < -0.39 is 0 Å². The Hall–Kier alpha value is -1.08. The number of hydrogen-bond donors (Lipinski definition) is 0. The van der Waals surface area contributed by atoms with Crippen LogP contribution in [0, 0.1) is 0 Å².